The summed E-state index contributed by atoms with van der Waals surface area (Å²) in [7, 11) is 0. The molecular weight excluding hydrogens is 279 g/mol. The summed E-state index contributed by atoms with van der Waals surface area (Å²) in [5, 5.41) is 0. The van der Waals surface area contributed by atoms with Crippen LogP contribution in [0.3, 0.4) is 0 Å². The predicted molar refractivity (Wildman–Crippen MR) is 67.3 cm³/mol. The molecule has 96 valence electrons. The van der Waals surface area contributed by atoms with Crippen LogP contribution in [-0.4, -0.2) is 12.6 Å². The van der Waals surface area contributed by atoms with E-state index in [4.69, 9.17) is 32.0 Å². The van der Waals surface area contributed by atoms with Gasteiger partial charge in [0.05, 0.1) is 18.0 Å². The van der Waals surface area contributed by atoms with E-state index in [1.165, 1.54) is 6.26 Å². The highest BCUT2D eigenvalue weighted by atomic mass is 35.5. The first-order valence-electron chi connectivity index (χ1n) is 4.92. The Labute approximate surface area is 113 Å². The number of carbonyl (C=O) groups excluding carboxylic acids is 2. The summed E-state index contributed by atoms with van der Waals surface area (Å²) in [5.41, 5.74) is 0.742. The molecule has 2 aromatic heterocycles. The van der Waals surface area contributed by atoms with Gasteiger partial charge in [0.2, 0.25) is 0 Å². The van der Waals surface area contributed by atoms with Crippen molar-refractivity contribution in [3.63, 3.8) is 0 Å². The number of halogens is 2. The van der Waals surface area contributed by atoms with Gasteiger partial charge in [-0.1, -0.05) is 0 Å². The largest absolute Gasteiger partial charge is 0.461 e. The summed E-state index contributed by atoms with van der Waals surface area (Å²) in [6, 6.07) is 4.94. The number of alkyl halides is 2. The van der Waals surface area contributed by atoms with E-state index in [0.717, 1.165) is 5.56 Å². The highest BCUT2D eigenvalue weighted by Crippen LogP contribution is 2.09. The minimum absolute atomic E-state index is 0.313. The standard InChI is InChI=1S/2C6H5ClO2/c7-3-5-1-2-9-6(5)4-8;7-3-5-1-2-6(4-8)9-5/h2*1-2,4H,3H2. The number of hydrogen-bond acceptors (Lipinski definition) is 4. The molecule has 0 fully saturated rings. The van der Waals surface area contributed by atoms with Crippen molar-refractivity contribution in [2.75, 3.05) is 0 Å². The molecule has 6 heteroatoms. The lowest BCUT2D eigenvalue weighted by Gasteiger charge is -1.84. The first-order chi connectivity index (χ1) is 8.74. The molecular formula is C12H10Cl2O4. The van der Waals surface area contributed by atoms with Gasteiger partial charge in [-0.3, -0.25) is 9.59 Å². The fourth-order valence-electron chi connectivity index (χ4n) is 1.09. The third-order valence-corrected chi connectivity index (χ3v) is 2.51. The summed E-state index contributed by atoms with van der Waals surface area (Å²) >= 11 is 10.8. The first kappa shape index (κ1) is 14.5. The Kier molecular flexibility index (Phi) is 6.25. The number of carbonyl (C=O) groups is 2. The smallest absolute Gasteiger partial charge is 0.185 e. The molecule has 0 radical (unpaired) electrons. The van der Waals surface area contributed by atoms with Crippen LogP contribution >= 0.6 is 23.2 Å². The molecule has 2 aromatic rings. The van der Waals surface area contributed by atoms with E-state index in [1.807, 2.05) is 0 Å². The van der Waals surface area contributed by atoms with Crippen LogP contribution < -0.4 is 0 Å². The van der Waals surface area contributed by atoms with E-state index in [-0.39, 0.29) is 0 Å². The second-order valence-corrected chi connectivity index (χ2v) is 3.65. The van der Waals surface area contributed by atoms with Crippen LogP contribution in [0.1, 0.15) is 32.4 Å². The van der Waals surface area contributed by atoms with Crippen LogP contribution in [-0.2, 0) is 11.8 Å². The lowest BCUT2D eigenvalue weighted by molar-refractivity contribution is 0.109. The van der Waals surface area contributed by atoms with Crippen LogP contribution in [0.5, 0.6) is 0 Å². The molecule has 0 N–H and O–H groups in total. The van der Waals surface area contributed by atoms with Gasteiger partial charge < -0.3 is 8.83 Å². The summed E-state index contributed by atoms with van der Waals surface area (Å²) in [4.78, 5) is 20.1. The predicted octanol–water partition coefficient (Wildman–Crippen LogP) is 3.66. The van der Waals surface area contributed by atoms with Crippen molar-refractivity contribution in [2.45, 2.75) is 11.8 Å². The minimum atomic E-state index is 0.313. The molecule has 0 unspecified atom stereocenters. The third kappa shape index (κ3) is 4.05. The number of furan rings is 2. The molecule has 0 saturated heterocycles. The van der Waals surface area contributed by atoms with Gasteiger partial charge >= 0.3 is 0 Å². The van der Waals surface area contributed by atoms with Gasteiger partial charge in [0.25, 0.3) is 0 Å². The summed E-state index contributed by atoms with van der Waals surface area (Å²) in [6.07, 6.45) is 2.75. The van der Waals surface area contributed by atoms with Crippen molar-refractivity contribution in [1.82, 2.24) is 0 Å². The Bertz CT molecular complexity index is 502. The molecule has 0 atom stereocenters. The average Bonchev–Trinajstić information content (AvgIpc) is 3.07. The zero-order valence-corrected chi connectivity index (χ0v) is 10.8. The van der Waals surface area contributed by atoms with Crippen molar-refractivity contribution in [2.24, 2.45) is 0 Å². The van der Waals surface area contributed by atoms with Gasteiger partial charge in [-0.25, -0.2) is 0 Å². The van der Waals surface area contributed by atoms with E-state index >= 15 is 0 Å². The fourth-order valence-corrected chi connectivity index (χ4v) is 1.46. The monoisotopic (exact) mass is 288 g/mol. The zero-order chi connectivity index (χ0) is 13.4. The summed E-state index contributed by atoms with van der Waals surface area (Å²) in [5.74, 6) is 1.91. The molecule has 0 spiro atoms. The quantitative estimate of drug-likeness (QED) is 0.636. The van der Waals surface area contributed by atoms with Crippen molar-refractivity contribution >= 4 is 35.8 Å². The maximum atomic E-state index is 10.1. The molecule has 4 nitrogen and oxygen atoms in total. The molecule has 0 amide bonds. The number of rotatable bonds is 4. The van der Waals surface area contributed by atoms with Gasteiger partial charge in [0.1, 0.15) is 5.76 Å². The maximum Gasteiger partial charge on any atom is 0.185 e. The topological polar surface area (TPSA) is 60.4 Å². The summed E-state index contributed by atoms with van der Waals surface area (Å²) < 4.78 is 9.63. The van der Waals surface area contributed by atoms with Gasteiger partial charge in [-0.2, -0.15) is 0 Å². The van der Waals surface area contributed by atoms with E-state index in [1.54, 1.807) is 18.2 Å². The van der Waals surface area contributed by atoms with Gasteiger partial charge in [0, 0.05) is 5.56 Å². The number of hydrogen-bond donors (Lipinski definition) is 0. The van der Waals surface area contributed by atoms with Gasteiger partial charge in [-0.05, 0) is 18.2 Å². The van der Waals surface area contributed by atoms with E-state index in [9.17, 15) is 9.59 Å². The second kappa shape index (κ2) is 7.74. The van der Waals surface area contributed by atoms with Gasteiger partial charge in [0.15, 0.2) is 24.1 Å². The average molecular weight is 289 g/mol. The third-order valence-electron chi connectivity index (χ3n) is 1.96. The number of aldehydes is 2. The lowest BCUT2D eigenvalue weighted by Crippen LogP contribution is -1.79. The first-order valence-corrected chi connectivity index (χ1v) is 5.99. The Morgan fingerprint density at radius 3 is 2.22 bits per heavy atom. The van der Waals surface area contributed by atoms with Crippen LogP contribution in [0.4, 0.5) is 0 Å². The van der Waals surface area contributed by atoms with Gasteiger partial charge in [-0.15, -0.1) is 23.2 Å². The van der Waals surface area contributed by atoms with Crippen molar-refractivity contribution in [1.29, 1.82) is 0 Å². The normalized spacial score (nSPS) is 9.44. The second-order valence-electron chi connectivity index (χ2n) is 3.12. The SMILES string of the molecule is O=Cc1ccc(CCl)o1.O=Cc1occc1CCl. The summed E-state index contributed by atoms with van der Waals surface area (Å²) in [6.45, 7) is 0. The molecule has 2 rings (SSSR count). The van der Waals surface area contributed by atoms with Crippen molar-refractivity contribution in [3.05, 3.63) is 47.3 Å². The van der Waals surface area contributed by atoms with E-state index in [0.29, 0.717) is 41.6 Å². The Balaban J connectivity index is 0.000000180. The Morgan fingerprint density at radius 1 is 1.06 bits per heavy atom. The maximum absolute atomic E-state index is 10.1. The minimum Gasteiger partial charge on any atom is -0.461 e. The highest BCUT2D eigenvalue weighted by molar-refractivity contribution is 6.17. The highest BCUT2D eigenvalue weighted by Gasteiger charge is 2.01. The van der Waals surface area contributed by atoms with Crippen LogP contribution in [0.25, 0.3) is 0 Å². The van der Waals surface area contributed by atoms with E-state index < -0.39 is 0 Å². The fraction of sp³-hybridized carbons (Fsp3) is 0.167. The molecule has 0 bridgehead atoms. The molecule has 0 aliphatic heterocycles. The van der Waals surface area contributed by atoms with Crippen LogP contribution in [0, 0.1) is 0 Å². The van der Waals surface area contributed by atoms with Crippen molar-refractivity contribution in [3.8, 4) is 0 Å². The molecule has 0 aliphatic carbocycles. The zero-order valence-electron chi connectivity index (χ0n) is 9.27. The lowest BCUT2D eigenvalue weighted by atomic mass is 10.3. The Hall–Kier alpha value is -1.52. The molecule has 18 heavy (non-hydrogen) atoms. The van der Waals surface area contributed by atoms with E-state index in [2.05, 4.69) is 0 Å². The molecule has 0 saturated carbocycles. The van der Waals surface area contributed by atoms with Crippen molar-refractivity contribution < 1.29 is 18.4 Å². The van der Waals surface area contributed by atoms with Crippen LogP contribution in [0.15, 0.2) is 33.3 Å². The molecule has 2 heterocycles. The Morgan fingerprint density at radius 2 is 1.83 bits per heavy atom. The van der Waals surface area contributed by atoms with Crippen LogP contribution in [0.2, 0.25) is 0 Å². The molecule has 0 aliphatic rings. The molecule has 0 aromatic carbocycles.